The van der Waals surface area contributed by atoms with E-state index in [0.717, 1.165) is 48.8 Å². The Labute approximate surface area is 150 Å². The summed E-state index contributed by atoms with van der Waals surface area (Å²) in [4.78, 5) is 25.2. The number of hydrogen-bond donors (Lipinski definition) is 0. The molecule has 134 valence electrons. The van der Waals surface area contributed by atoms with Gasteiger partial charge in [-0.1, -0.05) is 0 Å². The molecule has 2 atom stereocenters. The van der Waals surface area contributed by atoms with Gasteiger partial charge in [0.1, 0.15) is 23.6 Å². The van der Waals surface area contributed by atoms with Crippen LogP contribution in [0.4, 0.5) is 11.6 Å². The fraction of sp³-hybridized carbons (Fsp3) is 0.444. The quantitative estimate of drug-likeness (QED) is 0.675. The van der Waals surface area contributed by atoms with Gasteiger partial charge in [-0.3, -0.25) is 4.79 Å². The number of anilines is 2. The third-order valence-corrected chi connectivity index (χ3v) is 5.70. The van der Waals surface area contributed by atoms with Gasteiger partial charge in [-0.15, -0.1) is 0 Å². The Morgan fingerprint density at radius 2 is 1.69 bits per heavy atom. The number of fused-ring (bicyclic) bond motifs is 2. The lowest BCUT2D eigenvalue weighted by Gasteiger charge is -2.23. The van der Waals surface area contributed by atoms with Crippen LogP contribution in [0.5, 0.6) is 0 Å². The van der Waals surface area contributed by atoms with E-state index in [2.05, 4.69) is 30.9 Å². The second-order valence-electron chi connectivity index (χ2n) is 7.34. The van der Waals surface area contributed by atoms with Crippen LogP contribution in [0.3, 0.4) is 0 Å². The molecular weight excluding hydrogens is 330 g/mol. The first-order valence-corrected chi connectivity index (χ1v) is 8.90. The van der Waals surface area contributed by atoms with Crippen LogP contribution in [0.15, 0.2) is 35.5 Å². The van der Waals surface area contributed by atoms with Crippen molar-refractivity contribution < 1.29 is 0 Å². The standard InChI is InChI=1S/C18H21N7O/c1-22-6-5-14-17(22)19-11-20-18(14)25-9-12-7-24(8-13(12)10-25)15-3-4-16(26)23(2)21-15/h3-6,11-13H,7-10H2,1-2H3. The van der Waals surface area contributed by atoms with Gasteiger partial charge in [0, 0.05) is 64.4 Å². The normalized spacial score (nSPS) is 22.4. The first-order valence-electron chi connectivity index (χ1n) is 8.90. The van der Waals surface area contributed by atoms with E-state index >= 15 is 0 Å². The first-order chi connectivity index (χ1) is 12.6. The highest BCUT2D eigenvalue weighted by Crippen LogP contribution is 2.36. The van der Waals surface area contributed by atoms with Gasteiger partial charge in [0.25, 0.3) is 5.56 Å². The molecule has 0 N–H and O–H groups in total. The zero-order valence-electron chi connectivity index (χ0n) is 14.9. The second kappa shape index (κ2) is 5.55. The summed E-state index contributed by atoms with van der Waals surface area (Å²) in [6, 6.07) is 5.52. The summed E-state index contributed by atoms with van der Waals surface area (Å²) < 4.78 is 3.44. The zero-order chi connectivity index (χ0) is 17.8. The molecule has 0 radical (unpaired) electrons. The van der Waals surface area contributed by atoms with E-state index < -0.39 is 0 Å². The van der Waals surface area contributed by atoms with Crippen LogP contribution in [-0.4, -0.2) is 50.5 Å². The third-order valence-electron chi connectivity index (χ3n) is 5.70. The molecule has 8 heteroatoms. The average Bonchev–Trinajstić information content (AvgIpc) is 3.30. The SMILES string of the molecule is Cn1nc(N2CC3CN(c4ncnc5c4ccn5C)CC3C2)ccc1=O. The number of aryl methyl sites for hydroxylation is 2. The molecule has 26 heavy (non-hydrogen) atoms. The van der Waals surface area contributed by atoms with E-state index in [9.17, 15) is 4.79 Å². The number of hydrogen-bond acceptors (Lipinski definition) is 6. The molecule has 0 aromatic carbocycles. The van der Waals surface area contributed by atoms with Gasteiger partial charge < -0.3 is 14.4 Å². The summed E-state index contributed by atoms with van der Waals surface area (Å²) in [5, 5.41) is 5.51. The molecule has 5 heterocycles. The molecule has 8 nitrogen and oxygen atoms in total. The van der Waals surface area contributed by atoms with Crippen LogP contribution >= 0.6 is 0 Å². The summed E-state index contributed by atoms with van der Waals surface area (Å²) >= 11 is 0. The van der Waals surface area contributed by atoms with Gasteiger partial charge in [0.2, 0.25) is 0 Å². The van der Waals surface area contributed by atoms with Crippen molar-refractivity contribution in [3.05, 3.63) is 41.1 Å². The van der Waals surface area contributed by atoms with Crippen molar-refractivity contribution in [2.75, 3.05) is 36.0 Å². The monoisotopic (exact) mass is 351 g/mol. The maximum atomic E-state index is 11.6. The Morgan fingerprint density at radius 3 is 2.42 bits per heavy atom. The minimum Gasteiger partial charge on any atom is -0.355 e. The van der Waals surface area contributed by atoms with Crippen LogP contribution in [0.2, 0.25) is 0 Å². The van der Waals surface area contributed by atoms with E-state index in [0.29, 0.717) is 11.8 Å². The molecule has 0 amide bonds. The molecule has 2 aliphatic heterocycles. The van der Waals surface area contributed by atoms with Crippen LogP contribution in [-0.2, 0) is 14.1 Å². The van der Waals surface area contributed by atoms with Gasteiger partial charge in [-0.05, 0) is 12.1 Å². The highest BCUT2D eigenvalue weighted by molar-refractivity contribution is 5.88. The molecule has 3 aromatic rings. The highest BCUT2D eigenvalue weighted by atomic mass is 16.1. The Kier molecular flexibility index (Phi) is 3.28. The maximum absolute atomic E-state index is 11.6. The number of nitrogens with zero attached hydrogens (tertiary/aromatic N) is 7. The topological polar surface area (TPSA) is 72.1 Å². The summed E-state index contributed by atoms with van der Waals surface area (Å²) in [6.45, 7) is 3.92. The second-order valence-corrected chi connectivity index (χ2v) is 7.34. The average molecular weight is 351 g/mol. The minimum absolute atomic E-state index is 0.0741. The maximum Gasteiger partial charge on any atom is 0.266 e. The summed E-state index contributed by atoms with van der Waals surface area (Å²) in [6.07, 6.45) is 3.69. The van der Waals surface area contributed by atoms with E-state index in [4.69, 9.17) is 0 Å². The molecular formula is C18H21N7O. The van der Waals surface area contributed by atoms with Gasteiger partial charge in [-0.25, -0.2) is 14.6 Å². The third kappa shape index (κ3) is 2.28. The van der Waals surface area contributed by atoms with E-state index in [-0.39, 0.29) is 5.56 Å². The van der Waals surface area contributed by atoms with E-state index in [1.54, 1.807) is 19.4 Å². The van der Waals surface area contributed by atoms with Crippen molar-refractivity contribution in [2.45, 2.75) is 0 Å². The van der Waals surface area contributed by atoms with Crippen LogP contribution in [0, 0.1) is 11.8 Å². The predicted octanol–water partition coefficient (Wildman–Crippen LogP) is 0.635. The molecule has 2 fully saturated rings. The van der Waals surface area contributed by atoms with Crippen LogP contribution < -0.4 is 15.4 Å². The smallest absolute Gasteiger partial charge is 0.266 e. The molecule has 5 rings (SSSR count). The summed E-state index contributed by atoms with van der Waals surface area (Å²) in [5.41, 5.74) is 0.901. The molecule has 0 saturated carbocycles. The van der Waals surface area contributed by atoms with Crippen LogP contribution in [0.1, 0.15) is 0 Å². The largest absolute Gasteiger partial charge is 0.355 e. The van der Waals surface area contributed by atoms with Crippen LogP contribution in [0.25, 0.3) is 11.0 Å². The Balaban J connectivity index is 1.37. The van der Waals surface area contributed by atoms with Crippen molar-refractivity contribution in [2.24, 2.45) is 25.9 Å². The summed E-state index contributed by atoms with van der Waals surface area (Å²) in [7, 11) is 3.71. The predicted molar refractivity (Wildman–Crippen MR) is 99.4 cm³/mol. The van der Waals surface area contributed by atoms with Gasteiger partial charge in [-0.2, -0.15) is 5.10 Å². The number of rotatable bonds is 2. The highest BCUT2D eigenvalue weighted by Gasteiger charge is 2.41. The van der Waals surface area contributed by atoms with E-state index in [1.165, 1.54) is 4.68 Å². The Hall–Kier alpha value is -2.90. The van der Waals surface area contributed by atoms with E-state index in [1.807, 2.05) is 23.9 Å². The molecule has 0 bridgehead atoms. The van der Waals surface area contributed by atoms with Crippen molar-refractivity contribution >= 4 is 22.7 Å². The fourth-order valence-corrected chi connectivity index (χ4v) is 4.33. The van der Waals surface area contributed by atoms with Gasteiger partial charge >= 0.3 is 0 Å². The Morgan fingerprint density at radius 1 is 0.962 bits per heavy atom. The molecule has 2 unspecified atom stereocenters. The van der Waals surface area contributed by atoms with Gasteiger partial charge in [0.05, 0.1) is 5.39 Å². The van der Waals surface area contributed by atoms with Crippen molar-refractivity contribution in [3.63, 3.8) is 0 Å². The van der Waals surface area contributed by atoms with Crippen molar-refractivity contribution in [3.8, 4) is 0 Å². The van der Waals surface area contributed by atoms with Gasteiger partial charge in [0.15, 0.2) is 0 Å². The zero-order valence-corrected chi connectivity index (χ0v) is 14.9. The molecule has 3 aromatic heterocycles. The lowest BCUT2D eigenvalue weighted by Crippen LogP contribution is -2.31. The van der Waals surface area contributed by atoms with Crippen molar-refractivity contribution in [1.29, 1.82) is 0 Å². The molecule has 2 aliphatic rings. The molecule has 0 aliphatic carbocycles. The lowest BCUT2D eigenvalue weighted by atomic mass is 10.0. The Bertz CT molecular complexity index is 1030. The lowest BCUT2D eigenvalue weighted by molar-refractivity contribution is 0.533. The van der Waals surface area contributed by atoms with Crippen molar-refractivity contribution in [1.82, 2.24) is 24.3 Å². The number of aromatic nitrogens is 5. The summed E-state index contributed by atoms with van der Waals surface area (Å²) in [5.74, 6) is 3.10. The molecule has 2 saturated heterocycles. The molecule has 0 spiro atoms. The first kappa shape index (κ1) is 15.4. The minimum atomic E-state index is -0.0741. The fourth-order valence-electron chi connectivity index (χ4n) is 4.33.